The molecule has 2 aromatic rings. The molecule has 4 rings (SSSR count). The lowest BCUT2D eigenvalue weighted by atomic mass is 10.0. The van der Waals surface area contributed by atoms with Crippen molar-refractivity contribution in [2.75, 3.05) is 23.8 Å². The third-order valence-electron chi connectivity index (χ3n) is 5.45. The summed E-state index contributed by atoms with van der Waals surface area (Å²) in [7, 11) is 0. The van der Waals surface area contributed by atoms with E-state index in [1.165, 1.54) is 6.33 Å². The van der Waals surface area contributed by atoms with Gasteiger partial charge in [-0.1, -0.05) is 0 Å². The van der Waals surface area contributed by atoms with Gasteiger partial charge in [0.1, 0.15) is 23.5 Å². The average Bonchev–Trinajstić information content (AvgIpc) is 3.40. The number of rotatable bonds is 5. The second kappa shape index (κ2) is 7.05. The van der Waals surface area contributed by atoms with Crippen LogP contribution in [0.4, 0.5) is 11.5 Å². The maximum atomic E-state index is 8.70. The summed E-state index contributed by atoms with van der Waals surface area (Å²) >= 11 is 0. The Kier molecular flexibility index (Phi) is 4.71. The predicted octanol–water partition coefficient (Wildman–Crippen LogP) is 3.02. The summed E-state index contributed by atoms with van der Waals surface area (Å²) < 4.78 is 11.6. The number of nitrogens with zero attached hydrogens (tertiary/aromatic N) is 3. The molecule has 2 aliphatic rings. The lowest BCUT2D eigenvalue weighted by Crippen LogP contribution is -2.50. The molecule has 1 aliphatic carbocycles. The minimum absolute atomic E-state index is 0.0831. The van der Waals surface area contributed by atoms with Gasteiger partial charge < -0.3 is 20.1 Å². The van der Waals surface area contributed by atoms with E-state index in [2.05, 4.69) is 35.6 Å². The molecule has 1 aromatic heterocycles. The molecule has 7 heteroatoms. The maximum absolute atomic E-state index is 8.70. The van der Waals surface area contributed by atoms with E-state index in [1.807, 2.05) is 18.2 Å². The highest BCUT2D eigenvalue weighted by molar-refractivity contribution is 6.13. The van der Waals surface area contributed by atoms with Gasteiger partial charge in [0.15, 0.2) is 0 Å². The van der Waals surface area contributed by atoms with E-state index in [9.17, 15) is 0 Å². The fraction of sp³-hybridized carbons (Fsp3) is 0.476. The van der Waals surface area contributed by atoms with E-state index in [0.29, 0.717) is 30.2 Å². The second-order valence-corrected chi connectivity index (χ2v) is 8.08. The summed E-state index contributed by atoms with van der Waals surface area (Å²) in [6, 6.07) is 7.76. The number of nitrogen functional groups attached to an aromatic ring is 1. The Morgan fingerprint density at radius 1 is 1.21 bits per heavy atom. The summed E-state index contributed by atoms with van der Waals surface area (Å²) in [5.41, 5.74) is 8.04. The number of morpholine rings is 1. The maximum Gasteiger partial charge on any atom is 0.133 e. The summed E-state index contributed by atoms with van der Waals surface area (Å²) in [4.78, 5) is 11.0. The molecular formula is C21H27N5O2. The Balaban J connectivity index is 1.62. The number of ether oxygens (including phenoxy) is 2. The SMILES string of the molecule is C[C@@H]1COC[C@@H](C)N1c1cc(C(=N)c2cc(OC3(C)CC3)ccc2N)ncn1. The molecule has 7 nitrogen and oxygen atoms in total. The summed E-state index contributed by atoms with van der Waals surface area (Å²) in [6.07, 6.45) is 3.61. The molecule has 0 spiro atoms. The van der Waals surface area contributed by atoms with Gasteiger partial charge in [-0.25, -0.2) is 9.97 Å². The van der Waals surface area contributed by atoms with E-state index in [0.717, 1.165) is 24.4 Å². The van der Waals surface area contributed by atoms with Gasteiger partial charge in [0, 0.05) is 17.3 Å². The van der Waals surface area contributed by atoms with Crippen molar-refractivity contribution in [1.29, 1.82) is 5.41 Å². The number of benzene rings is 1. The van der Waals surface area contributed by atoms with Gasteiger partial charge in [-0.15, -0.1) is 0 Å². The molecule has 148 valence electrons. The molecule has 3 N–H and O–H groups in total. The molecule has 1 aliphatic heterocycles. The van der Waals surface area contributed by atoms with Crippen LogP contribution < -0.4 is 15.4 Å². The van der Waals surface area contributed by atoms with Crippen LogP contribution in [0.25, 0.3) is 0 Å². The molecule has 1 aromatic carbocycles. The zero-order chi connectivity index (χ0) is 19.9. The van der Waals surface area contributed by atoms with E-state index in [4.69, 9.17) is 20.6 Å². The fourth-order valence-electron chi connectivity index (χ4n) is 3.60. The van der Waals surface area contributed by atoms with Crippen LogP contribution in [0.5, 0.6) is 5.75 Å². The Morgan fingerprint density at radius 2 is 1.93 bits per heavy atom. The van der Waals surface area contributed by atoms with Crippen molar-refractivity contribution < 1.29 is 9.47 Å². The smallest absolute Gasteiger partial charge is 0.133 e. The number of hydrogen-bond donors (Lipinski definition) is 2. The molecule has 0 amide bonds. The van der Waals surface area contributed by atoms with Gasteiger partial charge in [-0.2, -0.15) is 0 Å². The van der Waals surface area contributed by atoms with Crippen molar-refractivity contribution in [1.82, 2.24) is 9.97 Å². The first-order chi connectivity index (χ1) is 13.4. The largest absolute Gasteiger partial charge is 0.488 e. The highest BCUT2D eigenvalue weighted by atomic mass is 16.5. The van der Waals surface area contributed by atoms with Gasteiger partial charge in [0.2, 0.25) is 0 Å². The number of nitrogens with two attached hydrogens (primary N) is 1. The standard InChI is InChI=1S/C21H27N5O2/c1-13-10-27-11-14(2)26(13)19-9-18(24-12-25-19)20(23)16-8-15(4-5-17(16)22)28-21(3)6-7-21/h4-5,8-9,12-14,23H,6-7,10-11,22H2,1-3H3/t13-,14-/m1/s1. The van der Waals surface area contributed by atoms with Crippen LogP contribution in [0.1, 0.15) is 44.9 Å². The van der Waals surface area contributed by atoms with Crippen LogP contribution >= 0.6 is 0 Å². The summed E-state index contributed by atoms with van der Waals surface area (Å²) in [5, 5.41) is 8.70. The topological polar surface area (TPSA) is 97.3 Å². The quantitative estimate of drug-likeness (QED) is 0.610. The van der Waals surface area contributed by atoms with Crippen molar-refractivity contribution in [2.24, 2.45) is 0 Å². The molecule has 0 unspecified atom stereocenters. The van der Waals surface area contributed by atoms with Crippen molar-refractivity contribution in [3.8, 4) is 5.75 Å². The monoisotopic (exact) mass is 381 g/mol. The first-order valence-corrected chi connectivity index (χ1v) is 9.72. The average molecular weight is 381 g/mol. The number of hydrogen-bond acceptors (Lipinski definition) is 7. The molecule has 1 saturated carbocycles. The van der Waals surface area contributed by atoms with Crippen molar-refractivity contribution in [3.05, 3.63) is 41.9 Å². The Morgan fingerprint density at radius 3 is 2.61 bits per heavy atom. The zero-order valence-electron chi connectivity index (χ0n) is 16.6. The minimum Gasteiger partial charge on any atom is -0.488 e. The minimum atomic E-state index is -0.0831. The Labute approximate surface area is 165 Å². The van der Waals surface area contributed by atoms with Crippen LogP contribution in [0, 0.1) is 5.41 Å². The molecule has 2 atom stereocenters. The number of anilines is 2. The van der Waals surface area contributed by atoms with Crippen LogP contribution in [-0.4, -0.2) is 46.6 Å². The summed E-state index contributed by atoms with van der Waals surface area (Å²) in [6.45, 7) is 7.63. The molecule has 2 heterocycles. The van der Waals surface area contributed by atoms with Crippen LogP contribution in [0.2, 0.25) is 0 Å². The van der Waals surface area contributed by atoms with Crippen molar-refractivity contribution in [2.45, 2.75) is 51.3 Å². The highest BCUT2D eigenvalue weighted by Crippen LogP contribution is 2.40. The van der Waals surface area contributed by atoms with Crippen LogP contribution in [0.3, 0.4) is 0 Å². The van der Waals surface area contributed by atoms with Gasteiger partial charge in [0.05, 0.1) is 36.7 Å². The number of aromatic nitrogens is 2. The van der Waals surface area contributed by atoms with Crippen LogP contribution in [-0.2, 0) is 4.74 Å². The van der Waals surface area contributed by atoms with Crippen molar-refractivity contribution >= 4 is 17.2 Å². The lowest BCUT2D eigenvalue weighted by Gasteiger charge is -2.39. The van der Waals surface area contributed by atoms with E-state index >= 15 is 0 Å². The first kappa shape index (κ1) is 18.7. The number of nitrogens with one attached hydrogen (secondary N) is 1. The van der Waals surface area contributed by atoms with Gasteiger partial charge >= 0.3 is 0 Å². The normalized spacial score (nSPS) is 23.3. The van der Waals surface area contributed by atoms with Gasteiger partial charge in [-0.05, 0) is 51.8 Å². The van der Waals surface area contributed by atoms with Crippen LogP contribution in [0.15, 0.2) is 30.6 Å². The Hall–Kier alpha value is -2.67. The van der Waals surface area contributed by atoms with Crippen molar-refractivity contribution in [3.63, 3.8) is 0 Å². The van der Waals surface area contributed by atoms with Gasteiger partial charge in [-0.3, -0.25) is 5.41 Å². The van der Waals surface area contributed by atoms with E-state index < -0.39 is 0 Å². The third kappa shape index (κ3) is 3.67. The summed E-state index contributed by atoms with van der Waals surface area (Å²) in [5.74, 6) is 1.54. The third-order valence-corrected chi connectivity index (χ3v) is 5.45. The molecule has 1 saturated heterocycles. The lowest BCUT2D eigenvalue weighted by molar-refractivity contribution is 0.0752. The fourth-order valence-corrected chi connectivity index (χ4v) is 3.60. The second-order valence-electron chi connectivity index (χ2n) is 8.08. The van der Waals surface area contributed by atoms with Gasteiger partial charge in [0.25, 0.3) is 0 Å². The molecule has 28 heavy (non-hydrogen) atoms. The predicted molar refractivity (Wildman–Crippen MR) is 109 cm³/mol. The van der Waals surface area contributed by atoms with E-state index in [1.54, 1.807) is 6.07 Å². The molecule has 0 radical (unpaired) electrons. The highest BCUT2D eigenvalue weighted by Gasteiger charge is 2.40. The zero-order valence-corrected chi connectivity index (χ0v) is 16.6. The molecule has 0 bridgehead atoms. The Bertz CT molecular complexity index is 886. The van der Waals surface area contributed by atoms with E-state index in [-0.39, 0.29) is 23.4 Å². The first-order valence-electron chi connectivity index (χ1n) is 9.72. The molecule has 2 fully saturated rings. The molecular weight excluding hydrogens is 354 g/mol.